The summed E-state index contributed by atoms with van der Waals surface area (Å²) in [6.45, 7) is 1.37. The van der Waals surface area contributed by atoms with E-state index in [4.69, 9.17) is 9.72 Å². The average Bonchev–Trinajstić information content (AvgIpc) is 3.25. The SMILES string of the molecule is Cc1ccc2nc(-c3ccc(N4C(=O)C5CCCCC5C4=O)cc3)cc(C(=O)OCC(=O)c3ccccc3O)c2c1. The van der Waals surface area contributed by atoms with Crippen LogP contribution in [0.2, 0.25) is 0 Å². The minimum atomic E-state index is -0.694. The Morgan fingerprint density at radius 2 is 1.59 bits per heavy atom. The average molecular weight is 549 g/mol. The van der Waals surface area contributed by atoms with Crippen LogP contribution in [0.5, 0.6) is 5.75 Å². The standard InChI is InChI=1S/C33H28N2O6/c1-19-10-15-27-25(16-19)26(33(40)41-18-30(37)24-8-4-5-9-29(24)36)17-28(34-27)20-11-13-21(14-12-20)35-31(38)22-6-2-3-7-23(22)32(35)39/h4-5,8-17,22-23,36H,2-3,6-7,18H2,1H3. The topological polar surface area (TPSA) is 114 Å². The molecule has 6 rings (SSSR count). The number of phenols is 1. The van der Waals surface area contributed by atoms with Crippen molar-refractivity contribution in [3.05, 3.63) is 89.5 Å². The molecule has 0 bridgehead atoms. The number of nitrogens with zero attached hydrogens (tertiary/aromatic N) is 2. The van der Waals surface area contributed by atoms with Gasteiger partial charge in [-0.25, -0.2) is 9.78 Å². The number of aryl methyl sites for hydroxylation is 1. The Balaban J connectivity index is 1.29. The lowest BCUT2D eigenvalue weighted by Gasteiger charge is -2.19. The van der Waals surface area contributed by atoms with Gasteiger partial charge in [-0.3, -0.25) is 19.3 Å². The molecule has 1 saturated carbocycles. The number of carbonyl (C=O) groups excluding carboxylic acids is 4. The molecule has 2 fully saturated rings. The second-order valence-corrected chi connectivity index (χ2v) is 10.6. The third-order valence-corrected chi connectivity index (χ3v) is 7.99. The van der Waals surface area contributed by atoms with Gasteiger partial charge in [0.2, 0.25) is 17.6 Å². The number of anilines is 1. The normalized spacial score (nSPS) is 18.4. The fraction of sp³-hybridized carbons (Fsp3) is 0.242. The monoisotopic (exact) mass is 548 g/mol. The van der Waals surface area contributed by atoms with Gasteiger partial charge in [0.25, 0.3) is 0 Å². The summed E-state index contributed by atoms with van der Waals surface area (Å²) >= 11 is 0. The van der Waals surface area contributed by atoms with E-state index in [1.807, 2.05) is 25.1 Å². The van der Waals surface area contributed by atoms with Gasteiger partial charge in [0.05, 0.1) is 39.9 Å². The molecule has 2 aliphatic rings. The van der Waals surface area contributed by atoms with Gasteiger partial charge in [-0.2, -0.15) is 0 Å². The Labute approximate surface area is 236 Å². The number of ether oxygens (including phenoxy) is 1. The molecule has 2 amide bonds. The number of rotatable bonds is 6. The molecule has 3 aromatic carbocycles. The van der Waals surface area contributed by atoms with Crippen molar-refractivity contribution in [2.24, 2.45) is 11.8 Å². The summed E-state index contributed by atoms with van der Waals surface area (Å²) < 4.78 is 5.39. The Morgan fingerprint density at radius 3 is 2.27 bits per heavy atom. The number of para-hydroxylation sites is 1. The van der Waals surface area contributed by atoms with Crippen molar-refractivity contribution in [3.63, 3.8) is 0 Å². The number of hydrogen-bond acceptors (Lipinski definition) is 7. The highest BCUT2D eigenvalue weighted by molar-refractivity contribution is 6.22. The molecule has 1 saturated heterocycles. The van der Waals surface area contributed by atoms with Gasteiger partial charge in [0, 0.05) is 10.9 Å². The number of hydrogen-bond donors (Lipinski definition) is 1. The highest BCUT2D eigenvalue weighted by atomic mass is 16.5. The van der Waals surface area contributed by atoms with Crippen LogP contribution in [0, 0.1) is 18.8 Å². The maximum absolute atomic E-state index is 13.3. The number of carbonyl (C=O) groups is 4. The van der Waals surface area contributed by atoms with Gasteiger partial charge < -0.3 is 9.84 Å². The minimum absolute atomic E-state index is 0.0747. The summed E-state index contributed by atoms with van der Waals surface area (Å²) in [7, 11) is 0. The summed E-state index contributed by atoms with van der Waals surface area (Å²) in [4.78, 5) is 57.9. The summed E-state index contributed by atoms with van der Waals surface area (Å²) in [6.07, 6.45) is 3.43. The molecule has 1 aliphatic heterocycles. The van der Waals surface area contributed by atoms with Crippen molar-refractivity contribution in [2.75, 3.05) is 11.5 Å². The van der Waals surface area contributed by atoms with Crippen LogP contribution in [0.4, 0.5) is 5.69 Å². The van der Waals surface area contributed by atoms with Crippen LogP contribution < -0.4 is 4.90 Å². The smallest absolute Gasteiger partial charge is 0.339 e. The molecule has 2 atom stereocenters. The number of esters is 1. The van der Waals surface area contributed by atoms with Gasteiger partial charge in [0.15, 0.2) is 6.61 Å². The molecule has 1 aliphatic carbocycles. The number of pyridine rings is 1. The highest BCUT2D eigenvalue weighted by Gasteiger charge is 2.48. The fourth-order valence-corrected chi connectivity index (χ4v) is 5.85. The first-order chi connectivity index (χ1) is 19.8. The molecule has 41 heavy (non-hydrogen) atoms. The third kappa shape index (κ3) is 4.86. The molecule has 1 aromatic heterocycles. The summed E-state index contributed by atoms with van der Waals surface area (Å²) in [5.74, 6) is -2.11. The summed E-state index contributed by atoms with van der Waals surface area (Å²) in [6, 6.07) is 20.2. The van der Waals surface area contributed by atoms with Gasteiger partial charge >= 0.3 is 5.97 Å². The number of aromatic hydroxyl groups is 1. The fourth-order valence-electron chi connectivity index (χ4n) is 5.85. The van der Waals surface area contributed by atoms with Gasteiger partial charge in [-0.05, 0) is 62.2 Å². The first-order valence-corrected chi connectivity index (χ1v) is 13.7. The van der Waals surface area contributed by atoms with E-state index in [0.29, 0.717) is 27.8 Å². The van der Waals surface area contributed by atoms with Crippen LogP contribution in [0.3, 0.4) is 0 Å². The minimum Gasteiger partial charge on any atom is -0.507 e. The van der Waals surface area contributed by atoms with E-state index in [-0.39, 0.29) is 40.5 Å². The largest absolute Gasteiger partial charge is 0.507 e. The van der Waals surface area contributed by atoms with E-state index in [1.165, 1.54) is 17.0 Å². The molecule has 2 unspecified atom stereocenters. The third-order valence-electron chi connectivity index (χ3n) is 7.99. The van der Waals surface area contributed by atoms with Crippen LogP contribution in [0.1, 0.15) is 52.0 Å². The van der Waals surface area contributed by atoms with Crippen LogP contribution in [0.25, 0.3) is 22.2 Å². The van der Waals surface area contributed by atoms with Crippen molar-refractivity contribution in [1.29, 1.82) is 0 Å². The predicted molar refractivity (Wildman–Crippen MR) is 153 cm³/mol. The molecule has 8 heteroatoms. The number of ketones is 1. The van der Waals surface area contributed by atoms with E-state index in [9.17, 15) is 24.3 Å². The summed E-state index contributed by atoms with van der Waals surface area (Å²) in [5.41, 5.74) is 3.53. The number of Topliss-reactive ketones (excluding diaryl/α,β-unsaturated/α-hetero) is 1. The first-order valence-electron chi connectivity index (χ1n) is 13.7. The molecule has 206 valence electrons. The Morgan fingerprint density at radius 1 is 0.902 bits per heavy atom. The molecular weight excluding hydrogens is 520 g/mol. The Bertz CT molecular complexity index is 1690. The van der Waals surface area contributed by atoms with Crippen molar-refractivity contribution in [3.8, 4) is 17.0 Å². The predicted octanol–water partition coefficient (Wildman–Crippen LogP) is 5.64. The zero-order valence-corrected chi connectivity index (χ0v) is 22.5. The molecule has 8 nitrogen and oxygen atoms in total. The van der Waals surface area contributed by atoms with Gasteiger partial charge in [-0.1, -0.05) is 48.7 Å². The number of fused-ring (bicyclic) bond motifs is 2. The molecule has 2 heterocycles. The second kappa shape index (κ2) is 10.6. The number of aromatic nitrogens is 1. The molecule has 0 spiro atoms. The number of imide groups is 1. The zero-order valence-electron chi connectivity index (χ0n) is 22.5. The van der Waals surface area contributed by atoms with E-state index in [2.05, 4.69) is 0 Å². The molecule has 0 radical (unpaired) electrons. The second-order valence-electron chi connectivity index (χ2n) is 10.6. The molecule has 4 aromatic rings. The van der Waals surface area contributed by atoms with E-state index in [1.54, 1.807) is 42.5 Å². The van der Waals surface area contributed by atoms with Gasteiger partial charge in [-0.15, -0.1) is 0 Å². The van der Waals surface area contributed by atoms with Crippen molar-refractivity contribution in [1.82, 2.24) is 4.98 Å². The lowest BCUT2D eigenvalue weighted by molar-refractivity contribution is -0.122. The number of benzene rings is 3. The van der Waals surface area contributed by atoms with Crippen LogP contribution >= 0.6 is 0 Å². The first kappa shape index (κ1) is 26.4. The van der Waals surface area contributed by atoms with Crippen molar-refractivity contribution >= 4 is 40.2 Å². The summed E-state index contributed by atoms with van der Waals surface area (Å²) in [5, 5.41) is 10.5. The van der Waals surface area contributed by atoms with Gasteiger partial charge in [0.1, 0.15) is 5.75 Å². The van der Waals surface area contributed by atoms with E-state index >= 15 is 0 Å². The Hall–Kier alpha value is -4.85. The zero-order chi connectivity index (χ0) is 28.7. The van der Waals surface area contributed by atoms with E-state index < -0.39 is 18.4 Å². The highest BCUT2D eigenvalue weighted by Crippen LogP contribution is 2.40. The quantitative estimate of drug-likeness (QED) is 0.189. The maximum atomic E-state index is 13.3. The van der Waals surface area contributed by atoms with Crippen LogP contribution in [0.15, 0.2) is 72.8 Å². The Kier molecular flexibility index (Phi) is 6.83. The van der Waals surface area contributed by atoms with E-state index in [0.717, 1.165) is 31.2 Å². The lowest BCUT2D eigenvalue weighted by atomic mass is 9.81. The maximum Gasteiger partial charge on any atom is 0.339 e. The van der Waals surface area contributed by atoms with Crippen molar-refractivity contribution < 1.29 is 29.0 Å². The van der Waals surface area contributed by atoms with Crippen LogP contribution in [-0.4, -0.2) is 40.3 Å². The molecule has 1 N–H and O–H groups in total. The number of phenolic OH excluding ortho intramolecular Hbond substituents is 1. The van der Waals surface area contributed by atoms with Crippen molar-refractivity contribution in [2.45, 2.75) is 32.6 Å². The number of amides is 2. The van der Waals surface area contributed by atoms with Crippen LogP contribution in [-0.2, 0) is 14.3 Å². The molecular formula is C33H28N2O6. The lowest BCUT2D eigenvalue weighted by Crippen LogP contribution is -2.30.